The predicted octanol–water partition coefficient (Wildman–Crippen LogP) is 1.13. The standard InChI is InChI=1S/C8H10FN3O/c1-5-3-2-4-6(7(5)9)11-8(13)12-10/h2-4H,10H2,1H3,(H2,11,12,13). The molecule has 1 aromatic carbocycles. The van der Waals surface area contributed by atoms with Gasteiger partial charge < -0.3 is 5.32 Å². The van der Waals surface area contributed by atoms with Crippen molar-refractivity contribution in [1.29, 1.82) is 0 Å². The lowest BCUT2D eigenvalue weighted by atomic mass is 10.2. The summed E-state index contributed by atoms with van der Waals surface area (Å²) in [4.78, 5) is 10.7. The van der Waals surface area contributed by atoms with Crippen LogP contribution in [-0.2, 0) is 0 Å². The maximum atomic E-state index is 13.2. The van der Waals surface area contributed by atoms with Gasteiger partial charge in [0.2, 0.25) is 0 Å². The molecule has 2 amide bonds. The Morgan fingerprint density at radius 3 is 2.85 bits per heavy atom. The molecule has 0 spiro atoms. The highest BCUT2D eigenvalue weighted by Gasteiger charge is 2.06. The molecular formula is C8H10FN3O. The van der Waals surface area contributed by atoms with Crippen LogP contribution >= 0.6 is 0 Å². The summed E-state index contributed by atoms with van der Waals surface area (Å²) < 4.78 is 13.2. The number of amides is 2. The number of rotatable bonds is 1. The Hall–Kier alpha value is -1.62. The van der Waals surface area contributed by atoms with Crippen LogP contribution in [0.4, 0.5) is 14.9 Å². The second-order valence-electron chi connectivity index (χ2n) is 2.53. The minimum Gasteiger partial charge on any atom is -0.304 e. The summed E-state index contributed by atoms with van der Waals surface area (Å²) in [7, 11) is 0. The average molecular weight is 183 g/mol. The van der Waals surface area contributed by atoms with E-state index < -0.39 is 11.8 Å². The first-order valence-electron chi connectivity index (χ1n) is 3.68. The first-order chi connectivity index (χ1) is 6.15. The van der Waals surface area contributed by atoms with Crippen LogP contribution < -0.4 is 16.6 Å². The number of hydrazine groups is 1. The summed E-state index contributed by atoms with van der Waals surface area (Å²) in [5.74, 6) is 4.37. The van der Waals surface area contributed by atoms with Crippen LogP contribution in [0.5, 0.6) is 0 Å². The molecule has 4 nitrogen and oxygen atoms in total. The Bertz CT molecular complexity index is 327. The summed E-state index contributed by atoms with van der Waals surface area (Å²) in [5, 5.41) is 2.25. The van der Waals surface area contributed by atoms with Crippen LogP contribution in [0.1, 0.15) is 5.56 Å². The van der Waals surface area contributed by atoms with Crippen molar-refractivity contribution in [3.05, 3.63) is 29.6 Å². The first kappa shape index (κ1) is 9.47. The molecule has 13 heavy (non-hydrogen) atoms. The third-order valence-electron chi connectivity index (χ3n) is 1.57. The van der Waals surface area contributed by atoms with Crippen molar-refractivity contribution in [3.63, 3.8) is 0 Å². The number of nitrogens with one attached hydrogen (secondary N) is 2. The SMILES string of the molecule is Cc1cccc(NC(=O)NN)c1F. The van der Waals surface area contributed by atoms with E-state index in [9.17, 15) is 9.18 Å². The zero-order chi connectivity index (χ0) is 9.84. The molecule has 4 N–H and O–H groups in total. The van der Waals surface area contributed by atoms with Crippen molar-refractivity contribution in [3.8, 4) is 0 Å². The van der Waals surface area contributed by atoms with Gasteiger partial charge in [-0.25, -0.2) is 15.0 Å². The smallest absolute Gasteiger partial charge is 0.304 e. The summed E-state index contributed by atoms with van der Waals surface area (Å²) >= 11 is 0. The fourth-order valence-electron chi connectivity index (χ4n) is 0.902. The molecule has 1 rings (SSSR count). The molecule has 0 unspecified atom stereocenters. The molecule has 0 saturated carbocycles. The van der Waals surface area contributed by atoms with Crippen LogP contribution in [0.3, 0.4) is 0 Å². The number of nitrogens with two attached hydrogens (primary N) is 1. The average Bonchev–Trinajstić information content (AvgIpc) is 2.13. The summed E-state index contributed by atoms with van der Waals surface area (Å²) in [6, 6.07) is 4.06. The van der Waals surface area contributed by atoms with E-state index in [0.717, 1.165) is 0 Å². The second-order valence-corrected chi connectivity index (χ2v) is 2.53. The van der Waals surface area contributed by atoms with E-state index in [1.165, 1.54) is 6.07 Å². The quantitative estimate of drug-likeness (QED) is 0.347. The van der Waals surface area contributed by atoms with Crippen LogP contribution in [0.15, 0.2) is 18.2 Å². The number of carbonyl (C=O) groups is 1. The molecule has 0 bridgehead atoms. The highest BCUT2D eigenvalue weighted by atomic mass is 19.1. The number of aryl methyl sites for hydroxylation is 1. The minimum absolute atomic E-state index is 0.114. The Labute approximate surface area is 74.9 Å². The van der Waals surface area contributed by atoms with E-state index in [0.29, 0.717) is 5.56 Å². The lowest BCUT2D eigenvalue weighted by Gasteiger charge is -2.06. The molecule has 0 aliphatic rings. The normalized spacial score (nSPS) is 9.46. The van der Waals surface area contributed by atoms with Gasteiger partial charge in [-0.3, -0.25) is 5.43 Å². The number of hydrogen-bond acceptors (Lipinski definition) is 2. The molecule has 0 atom stereocenters. The van der Waals surface area contributed by atoms with Gasteiger partial charge in [0.25, 0.3) is 0 Å². The molecule has 0 radical (unpaired) electrons. The van der Waals surface area contributed by atoms with Crippen LogP contribution in [0.2, 0.25) is 0 Å². The monoisotopic (exact) mass is 183 g/mol. The zero-order valence-electron chi connectivity index (χ0n) is 7.10. The number of urea groups is 1. The van der Waals surface area contributed by atoms with E-state index in [2.05, 4.69) is 5.32 Å². The van der Waals surface area contributed by atoms with Crippen LogP contribution in [0.25, 0.3) is 0 Å². The Morgan fingerprint density at radius 2 is 2.23 bits per heavy atom. The zero-order valence-corrected chi connectivity index (χ0v) is 7.10. The Kier molecular flexibility index (Phi) is 2.81. The fourth-order valence-corrected chi connectivity index (χ4v) is 0.902. The molecule has 1 aromatic rings. The van der Waals surface area contributed by atoms with E-state index in [1.54, 1.807) is 19.1 Å². The number of carbonyl (C=O) groups excluding carboxylic acids is 1. The van der Waals surface area contributed by atoms with Gasteiger partial charge in [0.15, 0.2) is 0 Å². The van der Waals surface area contributed by atoms with Gasteiger partial charge in [-0.1, -0.05) is 12.1 Å². The van der Waals surface area contributed by atoms with Gasteiger partial charge >= 0.3 is 6.03 Å². The van der Waals surface area contributed by atoms with E-state index >= 15 is 0 Å². The van der Waals surface area contributed by atoms with Gasteiger partial charge in [-0.05, 0) is 18.6 Å². The van der Waals surface area contributed by atoms with Crippen molar-refractivity contribution in [2.45, 2.75) is 6.92 Å². The molecular weight excluding hydrogens is 173 g/mol. The summed E-state index contributed by atoms with van der Waals surface area (Å²) in [5.41, 5.74) is 2.42. The van der Waals surface area contributed by atoms with Crippen molar-refractivity contribution in [2.75, 3.05) is 5.32 Å². The first-order valence-corrected chi connectivity index (χ1v) is 3.68. The highest BCUT2D eigenvalue weighted by Crippen LogP contribution is 2.16. The lowest BCUT2D eigenvalue weighted by molar-refractivity contribution is 0.252. The number of benzene rings is 1. The minimum atomic E-state index is -0.649. The number of anilines is 1. The topological polar surface area (TPSA) is 67.2 Å². The Morgan fingerprint density at radius 1 is 1.54 bits per heavy atom. The fraction of sp³-hybridized carbons (Fsp3) is 0.125. The number of hydrogen-bond donors (Lipinski definition) is 3. The van der Waals surface area contributed by atoms with Crippen LogP contribution in [0, 0.1) is 12.7 Å². The van der Waals surface area contributed by atoms with Gasteiger partial charge in [0.1, 0.15) is 5.82 Å². The predicted molar refractivity (Wildman–Crippen MR) is 47.5 cm³/mol. The van der Waals surface area contributed by atoms with E-state index in [4.69, 9.17) is 5.84 Å². The molecule has 0 aliphatic carbocycles. The van der Waals surface area contributed by atoms with E-state index in [-0.39, 0.29) is 5.69 Å². The third kappa shape index (κ3) is 2.16. The molecule has 0 saturated heterocycles. The van der Waals surface area contributed by atoms with Gasteiger partial charge in [-0.2, -0.15) is 0 Å². The Balaban J connectivity index is 2.89. The van der Waals surface area contributed by atoms with Gasteiger partial charge in [0, 0.05) is 0 Å². The van der Waals surface area contributed by atoms with Crippen molar-refractivity contribution >= 4 is 11.7 Å². The molecule has 0 heterocycles. The molecule has 0 aromatic heterocycles. The maximum Gasteiger partial charge on any atom is 0.333 e. The maximum absolute atomic E-state index is 13.2. The summed E-state index contributed by atoms with van der Waals surface area (Å²) in [6.07, 6.45) is 0. The highest BCUT2D eigenvalue weighted by molar-refractivity contribution is 5.88. The van der Waals surface area contributed by atoms with Gasteiger partial charge in [-0.15, -0.1) is 0 Å². The lowest BCUT2D eigenvalue weighted by Crippen LogP contribution is -2.34. The molecule has 0 fully saturated rings. The largest absolute Gasteiger partial charge is 0.333 e. The van der Waals surface area contributed by atoms with Crippen molar-refractivity contribution in [1.82, 2.24) is 5.43 Å². The number of halogens is 1. The third-order valence-corrected chi connectivity index (χ3v) is 1.57. The van der Waals surface area contributed by atoms with Crippen LogP contribution in [-0.4, -0.2) is 6.03 Å². The molecule has 70 valence electrons. The van der Waals surface area contributed by atoms with E-state index in [1.807, 2.05) is 5.43 Å². The molecule has 0 aliphatic heterocycles. The van der Waals surface area contributed by atoms with Crippen molar-refractivity contribution < 1.29 is 9.18 Å². The summed E-state index contributed by atoms with van der Waals surface area (Å²) in [6.45, 7) is 1.61. The van der Waals surface area contributed by atoms with Crippen molar-refractivity contribution in [2.24, 2.45) is 5.84 Å². The molecule has 5 heteroatoms. The van der Waals surface area contributed by atoms with Gasteiger partial charge in [0.05, 0.1) is 5.69 Å². The second kappa shape index (κ2) is 3.86.